The van der Waals surface area contributed by atoms with Crippen LogP contribution in [-0.4, -0.2) is 10.8 Å². The van der Waals surface area contributed by atoms with Crippen molar-refractivity contribution in [2.24, 2.45) is 0 Å². The second-order valence-corrected chi connectivity index (χ2v) is 4.05. The van der Waals surface area contributed by atoms with Crippen molar-refractivity contribution in [3.63, 3.8) is 0 Å². The van der Waals surface area contributed by atoms with Crippen molar-refractivity contribution in [1.82, 2.24) is 4.98 Å². The molecule has 2 rings (SSSR count). The molecule has 1 heterocycles. The SMILES string of the molecule is Cc1cccnc1C(=O)c1c(F)ccc(C)c1F. The van der Waals surface area contributed by atoms with Gasteiger partial charge in [0.25, 0.3) is 0 Å². The lowest BCUT2D eigenvalue weighted by Gasteiger charge is -2.07. The third kappa shape index (κ3) is 2.01. The van der Waals surface area contributed by atoms with Gasteiger partial charge in [-0.2, -0.15) is 0 Å². The van der Waals surface area contributed by atoms with Gasteiger partial charge in [0.1, 0.15) is 17.3 Å². The van der Waals surface area contributed by atoms with E-state index in [0.29, 0.717) is 5.56 Å². The molecule has 0 saturated heterocycles. The molecule has 4 heteroatoms. The lowest BCUT2D eigenvalue weighted by atomic mass is 10.0. The van der Waals surface area contributed by atoms with Crippen LogP contribution >= 0.6 is 0 Å². The molecule has 92 valence electrons. The summed E-state index contributed by atoms with van der Waals surface area (Å²) in [7, 11) is 0. The van der Waals surface area contributed by atoms with Gasteiger partial charge in [-0.05, 0) is 37.1 Å². The minimum Gasteiger partial charge on any atom is -0.287 e. The van der Waals surface area contributed by atoms with Gasteiger partial charge in [-0.1, -0.05) is 12.1 Å². The number of aromatic nitrogens is 1. The number of rotatable bonds is 2. The summed E-state index contributed by atoms with van der Waals surface area (Å²) in [6.45, 7) is 3.16. The molecule has 18 heavy (non-hydrogen) atoms. The predicted octanol–water partition coefficient (Wildman–Crippen LogP) is 3.21. The first-order chi connectivity index (χ1) is 8.52. The molecule has 0 aliphatic rings. The molecule has 0 fully saturated rings. The van der Waals surface area contributed by atoms with E-state index in [1.165, 1.54) is 19.2 Å². The molecule has 0 bridgehead atoms. The van der Waals surface area contributed by atoms with Gasteiger partial charge in [0, 0.05) is 6.20 Å². The maximum Gasteiger partial charge on any atom is 0.217 e. The summed E-state index contributed by atoms with van der Waals surface area (Å²) in [5.74, 6) is -2.43. The van der Waals surface area contributed by atoms with E-state index in [9.17, 15) is 13.6 Å². The van der Waals surface area contributed by atoms with Gasteiger partial charge in [0.05, 0.1) is 5.56 Å². The van der Waals surface area contributed by atoms with Gasteiger partial charge >= 0.3 is 0 Å². The van der Waals surface area contributed by atoms with Crippen molar-refractivity contribution < 1.29 is 13.6 Å². The van der Waals surface area contributed by atoms with Crippen molar-refractivity contribution in [2.75, 3.05) is 0 Å². The lowest BCUT2D eigenvalue weighted by Crippen LogP contribution is -2.11. The van der Waals surface area contributed by atoms with E-state index in [1.807, 2.05) is 0 Å². The largest absolute Gasteiger partial charge is 0.287 e. The summed E-state index contributed by atoms with van der Waals surface area (Å²) in [6.07, 6.45) is 1.42. The maximum atomic E-state index is 13.8. The standard InChI is InChI=1S/C14H11F2NO/c1-8-5-6-10(15)11(12(8)16)14(18)13-9(2)4-3-7-17-13/h3-7H,1-2H3. The highest BCUT2D eigenvalue weighted by molar-refractivity contribution is 6.09. The van der Waals surface area contributed by atoms with Crippen LogP contribution in [0.2, 0.25) is 0 Å². The van der Waals surface area contributed by atoms with E-state index in [-0.39, 0.29) is 11.3 Å². The summed E-state index contributed by atoms with van der Waals surface area (Å²) in [6, 6.07) is 5.72. The maximum absolute atomic E-state index is 13.8. The number of pyridine rings is 1. The molecule has 0 amide bonds. The molecule has 2 nitrogen and oxygen atoms in total. The highest BCUT2D eigenvalue weighted by atomic mass is 19.1. The van der Waals surface area contributed by atoms with Gasteiger partial charge in [0.2, 0.25) is 5.78 Å². The Bertz CT molecular complexity index is 623. The smallest absolute Gasteiger partial charge is 0.217 e. The quantitative estimate of drug-likeness (QED) is 0.763. The molecular weight excluding hydrogens is 236 g/mol. The molecule has 1 aromatic heterocycles. The van der Waals surface area contributed by atoms with Crippen molar-refractivity contribution in [3.05, 3.63) is 64.5 Å². The van der Waals surface area contributed by atoms with Crippen LogP contribution in [0.3, 0.4) is 0 Å². The Morgan fingerprint density at radius 3 is 2.50 bits per heavy atom. The van der Waals surface area contributed by atoms with Crippen LogP contribution in [-0.2, 0) is 0 Å². The first kappa shape index (κ1) is 12.4. The van der Waals surface area contributed by atoms with Crippen LogP contribution in [0.1, 0.15) is 27.2 Å². The third-order valence-electron chi connectivity index (χ3n) is 2.74. The van der Waals surface area contributed by atoms with Gasteiger partial charge in [-0.15, -0.1) is 0 Å². The number of carbonyl (C=O) groups excluding carboxylic acids is 1. The summed E-state index contributed by atoms with van der Waals surface area (Å²) in [5, 5.41) is 0. The van der Waals surface area contributed by atoms with Crippen molar-refractivity contribution in [1.29, 1.82) is 0 Å². The number of hydrogen-bond acceptors (Lipinski definition) is 2. The Morgan fingerprint density at radius 1 is 1.11 bits per heavy atom. The van der Waals surface area contributed by atoms with Crippen LogP contribution in [0, 0.1) is 25.5 Å². The molecule has 0 atom stereocenters. The van der Waals surface area contributed by atoms with Crippen LogP contribution in [0.5, 0.6) is 0 Å². The molecule has 1 aromatic carbocycles. The zero-order valence-electron chi connectivity index (χ0n) is 10.00. The van der Waals surface area contributed by atoms with Crippen molar-refractivity contribution in [2.45, 2.75) is 13.8 Å². The van der Waals surface area contributed by atoms with E-state index in [1.54, 1.807) is 19.1 Å². The number of benzene rings is 1. The summed E-state index contributed by atoms with van der Waals surface area (Å²) < 4.78 is 27.5. The molecule has 0 unspecified atom stereocenters. The second-order valence-electron chi connectivity index (χ2n) is 4.05. The highest BCUT2D eigenvalue weighted by Crippen LogP contribution is 2.20. The first-order valence-electron chi connectivity index (χ1n) is 5.43. The van der Waals surface area contributed by atoms with E-state index in [0.717, 1.165) is 6.07 Å². The van der Waals surface area contributed by atoms with Crippen LogP contribution in [0.25, 0.3) is 0 Å². The molecule has 0 aliphatic heterocycles. The van der Waals surface area contributed by atoms with E-state index in [4.69, 9.17) is 0 Å². The molecule has 0 saturated carbocycles. The minimum atomic E-state index is -0.867. The fourth-order valence-electron chi connectivity index (χ4n) is 1.71. The Labute approximate surface area is 103 Å². The fraction of sp³-hybridized carbons (Fsp3) is 0.143. The zero-order valence-corrected chi connectivity index (χ0v) is 10.00. The molecular formula is C14H11F2NO. The van der Waals surface area contributed by atoms with E-state index < -0.39 is 23.0 Å². The van der Waals surface area contributed by atoms with Crippen molar-refractivity contribution in [3.8, 4) is 0 Å². The third-order valence-corrected chi connectivity index (χ3v) is 2.74. The summed E-state index contributed by atoms with van der Waals surface area (Å²) in [4.78, 5) is 16.0. The number of halogens is 2. The summed E-state index contributed by atoms with van der Waals surface area (Å²) in [5.41, 5.74) is 0.342. The second kappa shape index (κ2) is 4.64. The Kier molecular flexibility index (Phi) is 3.19. The molecule has 0 aliphatic carbocycles. The van der Waals surface area contributed by atoms with Gasteiger partial charge in [0.15, 0.2) is 0 Å². The van der Waals surface area contributed by atoms with Crippen LogP contribution in [0.15, 0.2) is 30.5 Å². The Morgan fingerprint density at radius 2 is 1.83 bits per heavy atom. The highest BCUT2D eigenvalue weighted by Gasteiger charge is 2.22. The van der Waals surface area contributed by atoms with Gasteiger partial charge in [-0.3, -0.25) is 9.78 Å². The normalized spacial score (nSPS) is 10.4. The molecule has 0 radical (unpaired) electrons. The number of nitrogens with zero attached hydrogens (tertiary/aromatic N) is 1. The van der Waals surface area contributed by atoms with Crippen LogP contribution in [0.4, 0.5) is 8.78 Å². The average molecular weight is 247 g/mol. The Hall–Kier alpha value is -2.10. The molecule has 2 aromatic rings. The van der Waals surface area contributed by atoms with Crippen molar-refractivity contribution >= 4 is 5.78 Å². The number of carbonyl (C=O) groups is 1. The average Bonchev–Trinajstić information content (AvgIpc) is 2.35. The van der Waals surface area contributed by atoms with E-state index in [2.05, 4.69) is 4.98 Å². The Balaban J connectivity index is 2.61. The minimum absolute atomic E-state index is 0.0703. The van der Waals surface area contributed by atoms with Gasteiger partial charge < -0.3 is 0 Å². The fourth-order valence-corrected chi connectivity index (χ4v) is 1.71. The van der Waals surface area contributed by atoms with Crippen LogP contribution < -0.4 is 0 Å². The monoisotopic (exact) mass is 247 g/mol. The van der Waals surface area contributed by atoms with E-state index >= 15 is 0 Å². The zero-order chi connectivity index (χ0) is 13.3. The molecule has 0 N–H and O–H groups in total. The van der Waals surface area contributed by atoms with Gasteiger partial charge in [-0.25, -0.2) is 8.78 Å². The topological polar surface area (TPSA) is 30.0 Å². The number of hydrogen-bond donors (Lipinski definition) is 0. The lowest BCUT2D eigenvalue weighted by molar-refractivity contribution is 0.102. The summed E-state index contributed by atoms with van der Waals surface area (Å²) >= 11 is 0. The number of ketones is 1. The number of aryl methyl sites for hydroxylation is 2. The molecule has 0 spiro atoms. The predicted molar refractivity (Wildman–Crippen MR) is 63.5 cm³/mol. The first-order valence-corrected chi connectivity index (χ1v) is 5.43.